The molecule has 1 amide bonds. The fraction of sp³-hybridized carbons (Fsp3) is 0.240. The van der Waals surface area contributed by atoms with Crippen LogP contribution < -0.4 is 21.5 Å². The molecular formula is C25H25ClN4O6. The van der Waals surface area contributed by atoms with Gasteiger partial charge in [-0.3, -0.25) is 14.2 Å². The van der Waals surface area contributed by atoms with Crippen LogP contribution in [0.2, 0.25) is 5.02 Å². The zero-order chi connectivity index (χ0) is 25.8. The summed E-state index contributed by atoms with van der Waals surface area (Å²) in [6.07, 6.45) is 0.466. The van der Waals surface area contributed by atoms with Gasteiger partial charge in [-0.25, -0.2) is 4.79 Å². The molecule has 188 valence electrons. The molecule has 3 aromatic rings. The van der Waals surface area contributed by atoms with Crippen molar-refractivity contribution in [2.45, 2.75) is 6.10 Å². The number of morpholine rings is 1. The van der Waals surface area contributed by atoms with Gasteiger partial charge in [-0.1, -0.05) is 23.7 Å². The first-order valence-electron chi connectivity index (χ1n) is 11.2. The molecule has 1 aromatic heterocycles. The molecule has 0 unspecified atom stereocenters. The number of nitrogens with one attached hydrogen (secondary N) is 1. The number of anilines is 2. The lowest BCUT2D eigenvalue weighted by Crippen LogP contribution is -2.37. The third-order valence-corrected chi connectivity index (χ3v) is 6.13. The molecule has 1 saturated heterocycles. The highest BCUT2D eigenvalue weighted by Crippen LogP contribution is 2.27. The minimum atomic E-state index is -1.42. The second kappa shape index (κ2) is 10.8. The molecule has 11 heteroatoms. The predicted octanol–water partition coefficient (Wildman–Crippen LogP) is 2.27. The Balaban J connectivity index is 1.71. The number of carboxylic acid groups (broad SMARTS) is 1. The monoisotopic (exact) mass is 512 g/mol. The maximum Gasteiger partial charge on any atom is 0.343 e. The summed E-state index contributed by atoms with van der Waals surface area (Å²) in [6, 6.07) is 12.8. The third kappa shape index (κ3) is 5.35. The number of carboxylic acids is 1. The fourth-order valence-corrected chi connectivity index (χ4v) is 4.25. The van der Waals surface area contributed by atoms with Crippen LogP contribution in [0.5, 0.6) is 0 Å². The van der Waals surface area contributed by atoms with E-state index < -0.39 is 29.1 Å². The van der Waals surface area contributed by atoms with E-state index in [0.29, 0.717) is 48.3 Å². The molecule has 4 rings (SSSR count). The van der Waals surface area contributed by atoms with E-state index in [1.807, 2.05) is 4.90 Å². The first-order chi connectivity index (χ1) is 17.3. The number of nitrogens with zero attached hydrogens (tertiary/aromatic N) is 2. The van der Waals surface area contributed by atoms with E-state index >= 15 is 0 Å². The SMILES string of the molecule is NC(=O)c1ccc(-n2ccc(NC[C@H](O)c3cccc(Cl)c3)c(C(=O)O)c2=O)c(N2CCOCC2)c1. The topological polar surface area (TPSA) is 147 Å². The highest BCUT2D eigenvalue weighted by atomic mass is 35.5. The van der Waals surface area contributed by atoms with Crippen LogP contribution in [0.1, 0.15) is 32.4 Å². The molecule has 0 radical (unpaired) electrons. The number of rotatable bonds is 8. The smallest absolute Gasteiger partial charge is 0.343 e. The molecule has 1 aliphatic heterocycles. The number of benzene rings is 2. The normalized spacial score (nSPS) is 14.3. The minimum absolute atomic E-state index is 0.0452. The van der Waals surface area contributed by atoms with E-state index in [9.17, 15) is 24.6 Å². The minimum Gasteiger partial charge on any atom is -0.477 e. The fourth-order valence-electron chi connectivity index (χ4n) is 4.06. The van der Waals surface area contributed by atoms with Gasteiger partial charge in [0.05, 0.1) is 36.4 Å². The first kappa shape index (κ1) is 25.2. The number of pyridine rings is 1. The van der Waals surface area contributed by atoms with E-state index in [1.165, 1.54) is 22.9 Å². The number of aromatic carboxylic acids is 1. The van der Waals surface area contributed by atoms with E-state index in [0.717, 1.165) is 0 Å². The van der Waals surface area contributed by atoms with E-state index in [-0.39, 0.29) is 17.8 Å². The maximum absolute atomic E-state index is 13.4. The zero-order valence-electron chi connectivity index (χ0n) is 19.2. The van der Waals surface area contributed by atoms with Gasteiger partial charge in [-0.2, -0.15) is 0 Å². The Kier molecular flexibility index (Phi) is 7.58. The first-order valence-corrected chi connectivity index (χ1v) is 11.6. The molecule has 36 heavy (non-hydrogen) atoms. The number of ether oxygens (including phenoxy) is 1. The van der Waals surface area contributed by atoms with Gasteiger partial charge in [-0.15, -0.1) is 0 Å². The number of carbonyl (C=O) groups is 2. The van der Waals surface area contributed by atoms with E-state index in [1.54, 1.807) is 36.4 Å². The van der Waals surface area contributed by atoms with Gasteiger partial charge in [0.2, 0.25) is 5.91 Å². The van der Waals surface area contributed by atoms with Gasteiger partial charge < -0.3 is 30.9 Å². The molecule has 5 N–H and O–H groups in total. The van der Waals surface area contributed by atoms with Gasteiger partial charge in [0.25, 0.3) is 5.56 Å². The third-order valence-electron chi connectivity index (χ3n) is 5.90. The van der Waals surface area contributed by atoms with Crippen molar-refractivity contribution in [1.29, 1.82) is 0 Å². The van der Waals surface area contributed by atoms with Crippen molar-refractivity contribution in [2.24, 2.45) is 5.73 Å². The van der Waals surface area contributed by atoms with Crippen LogP contribution in [-0.4, -0.2) is 59.5 Å². The van der Waals surface area contributed by atoms with Crippen molar-refractivity contribution >= 4 is 34.9 Å². The summed E-state index contributed by atoms with van der Waals surface area (Å²) >= 11 is 5.98. The Hall–Kier alpha value is -3.86. The van der Waals surface area contributed by atoms with E-state index in [2.05, 4.69) is 5.32 Å². The quantitative estimate of drug-likeness (QED) is 0.359. The van der Waals surface area contributed by atoms with Crippen LogP contribution in [0.3, 0.4) is 0 Å². The number of hydrogen-bond donors (Lipinski definition) is 4. The lowest BCUT2D eigenvalue weighted by atomic mass is 10.1. The molecule has 0 saturated carbocycles. The Bertz CT molecular complexity index is 1350. The molecule has 0 bridgehead atoms. The Morgan fingerprint density at radius 2 is 1.86 bits per heavy atom. The number of carbonyl (C=O) groups excluding carboxylic acids is 1. The molecule has 2 heterocycles. The average molecular weight is 513 g/mol. The highest BCUT2D eigenvalue weighted by molar-refractivity contribution is 6.30. The van der Waals surface area contributed by atoms with Gasteiger partial charge >= 0.3 is 5.97 Å². The van der Waals surface area contributed by atoms with Crippen LogP contribution in [0.15, 0.2) is 59.5 Å². The molecule has 1 aliphatic rings. The summed E-state index contributed by atoms with van der Waals surface area (Å²) in [6.45, 7) is 1.94. The Labute approximate surface area is 211 Å². The average Bonchev–Trinajstić information content (AvgIpc) is 2.87. The number of aliphatic hydroxyl groups excluding tert-OH is 1. The lowest BCUT2D eigenvalue weighted by molar-refractivity contribution is 0.0695. The summed E-state index contributed by atoms with van der Waals surface area (Å²) < 4.78 is 6.62. The molecule has 2 aromatic carbocycles. The van der Waals surface area contributed by atoms with Crippen LogP contribution in [-0.2, 0) is 4.74 Å². The van der Waals surface area contributed by atoms with Crippen LogP contribution in [0.25, 0.3) is 5.69 Å². The van der Waals surface area contributed by atoms with Crippen molar-refractivity contribution in [3.63, 3.8) is 0 Å². The second-order valence-electron chi connectivity index (χ2n) is 8.20. The summed E-state index contributed by atoms with van der Waals surface area (Å²) in [5.74, 6) is -2.04. The largest absolute Gasteiger partial charge is 0.477 e. The van der Waals surface area contributed by atoms with Gasteiger partial charge in [-0.05, 0) is 42.0 Å². The molecule has 10 nitrogen and oxygen atoms in total. The zero-order valence-corrected chi connectivity index (χ0v) is 19.9. The van der Waals surface area contributed by atoms with Crippen LogP contribution in [0.4, 0.5) is 11.4 Å². The number of aliphatic hydroxyl groups is 1. The van der Waals surface area contributed by atoms with Gasteiger partial charge in [0.15, 0.2) is 0 Å². The van der Waals surface area contributed by atoms with Gasteiger partial charge in [0.1, 0.15) is 5.56 Å². The van der Waals surface area contributed by atoms with Crippen molar-refractivity contribution in [2.75, 3.05) is 43.1 Å². The predicted molar refractivity (Wildman–Crippen MR) is 135 cm³/mol. The number of aromatic nitrogens is 1. The Morgan fingerprint density at radius 3 is 2.53 bits per heavy atom. The van der Waals surface area contributed by atoms with Crippen molar-refractivity contribution in [3.05, 3.63) is 86.8 Å². The molecule has 1 fully saturated rings. The van der Waals surface area contributed by atoms with Crippen molar-refractivity contribution in [1.82, 2.24) is 4.57 Å². The van der Waals surface area contributed by atoms with Crippen molar-refractivity contribution < 1.29 is 24.5 Å². The summed E-state index contributed by atoms with van der Waals surface area (Å²) in [7, 11) is 0. The van der Waals surface area contributed by atoms with Gasteiger partial charge in [0, 0.05) is 36.4 Å². The maximum atomic E-state index is 13.4. The van der Waals surface area contributed by atoms with E-state index in [4.69, 9.17) is 22.1 Å². The number of nitrogens with two attached hydrogens (primary N) is 1. The number of amides is 1. The standard InChI is InChI=1S/C25H25ClN4O6/c26-17-3-1-2-15(12-17)21(31)14-28-18-6-7-30(24(33)22(18)25(34)35)19-5-4-16(23(27)32)13-20(19)29-8-10-36-11-9-29/h1-7,12-13,21,28,31H,8-11,14H2,(H2,27,32)(H,34,35)/t21-/m0/s1. The van der Waals surface area contributed by atoms with Crippen molar-refractivity contribution in [3.8, 4) is 5.69 Å². The molecular weight excluding hydrogens is 488 g/mol. The molecule has 0 aliphatic carbocycles. The second-order valence-corrected chi connectivity index (χ2v) is 8.64. The number of hydrogen-bond acceptors (Lipinski definition) is 7. The summed E-state index contributed by atoms with van der Waals surface area (Å²) in [4.78, 5) is 39.2. The summed E-state index contributed by atoms with van der Waals surface area (Å²) in [5, 5.41) is 23.6. The molecule has 1 atom stereocenters. The Morgan fingerprint density at radius 1 is 1.11 bits per heavy atom. The van der Waals surface area contributed by atoms with Crippen LogP contribution in [0, 0.1) is 0 Å². The highest BCUT2D eigenvalue weighted by Gasteiger charge is 2.23. The molecule has 0 spiro atoms. The summed E-state index contributed by atoms with van der Waals surface area (Å²) in [5.41, 5.74) is 6.04. The number of primary amides is 1. The lowest BCUT2D eigenvalue weighted by Gasteiger charge is -2.31. The number of halogens is 1. The van der Waals surface area contributed by atoms with Crippen LogP contribution >= 0.6 is 11.6 Å².